The van der Waals surface area contributed by atoms with Gasteiger partial charge >= 0.3 is 0 Å². The number of rotatable bonds is 13. The van der Waals surface area contributed by atoms with Crippen LogP contribution in [0, 0.1) is 47.4 Å². The summed E-state index contributed by atoms with van der Waals surface area (Å²) < 4.78 is 0. The fraction of sp³-hybridized carbons (Fsp3) is 0. The molecule has 0 aliphatic rings. The molecule has 0 N–H and O–H groups in total. The molecule has 0 saturated heterocycles. The van der Waals surface area contributed by atoms with Crippen molar-refractivity contribution in [1.82, 2.24) is 0 Å². The van der Waals surface area contributed by atoms with Crippen LogP contribution in [0.3, 0.4) is 0 Å². The molecule has 0 aliphatic heterocycles. The van der Waals surface area contributed by atoms with E-state index >= 15 is 0 Å². The van der Waals surface area contributed by atoms with Gasteiger partial charge in [-0.05, 0) is 224 Å². The van der Waals surface area contributed by atoms with Gasteiger partial charge in [0.05, 0.1) is 68.3 Å². The number of thiophene rings is 18. The Bertz CT molecular complexity index is 5100. The third-order valence-electron chi connectivity index (χ3n) is 15.4. The second kappa shape index (κ2) is 28.1. The molecular formula is C80H38S18. The SMILES string of the molecule is C(#Cc1cc(-c2cccs2)c(-c2cccs2)s1)c1ccc(-c2cc(-c3cc(-c4ccc(C#Cc5cc(-c6cccs6)c(-c6cccs6)s5)s4)c(-c4ccc(C#Cc5cc(-c6cccs6)c(-c6cccs6)s5)s4)s3)sc2-c2ccc(C#Cc3cc(-c4cccs4)c(-c4cccs4)s3)s2)s1. The zero-order valence-electron chi connectivity index (χ0n) is 50.3. The highest BCUT2D eigenvalue weighted by Gasteiger charge is 2.24. The van der Waals surface area contributed by atoms with E-state index in [1.807, 2.05) is 22.7 Å². The molecular weight excluding hydrogens is 1540 g/mol. The molecule has 18 aromatic heterocycles. The van der Waals surface area contributed by atoms with Crippen molar-refractivity contribution < 1.29 is 0 Å². The largest absolute Gasteiger partial charge is 0.144 e. The predicted octanol–water partition coefficient (Wildman–Crippen LogP) is 30.1. The molecule has 98 heavy (non-hydrogen) atoms. The van der Waals surface area contributed by atoms with Crippen molar-refractivity contribution in [3.05, 3.63) is 264 Å². The molecule has 0 bridgehead atoms. The van der Waals surface area contributed by atoms with Gasteiger partial charge in [-0.3, -0.25) is 0 Å². The molecule has 0 atom stereocenters. The second-order valence-electron chi connectivity index (χ2n) is 21.6. The highest BCUT2D eigenvalue weighted by Crippen LogP contribution is 2.54. The molecule has 0 spiro atoms. The van der Waals surface area contributed by atoms with E-state index in [9.17, 15) is 0 Å². The summed E-state index contributed by atoms with van der Waals surface area (Å²) in [6.45, 7) is 0. The van der Waals surface area contributed by atoms with Crippen molar-refractivity contribution in [2.45, 2.75) is 0 Å². The normalized spacial score (nSPS) is 11.1. The van der Waals surface area contributed by atoms with Crippen LogP contribution in [-0.4, -0.2) is 0 Å². The summed E-state index contributed by atoms with van der Waals surface area (Å²) >= 11 is 32.2. The molecule has 18 heterocycles. The molecule has 466 valence electrons. The maximum absolute atomic E-state index is 3.62. The van der Waals surface area contributed by atoms with Crippen LogP contribution in [-0.2, 0) is 0 Å². The molecule has 0 saturated carbocycles. The summed E-state index contributed by atoms with van der Waals surface area (Å²) in [6.07, 6.45) is 0. The Balaban J connectivity index is 0.727. The lowest BCUT2D eigenvalue weighted by molar-refractivity contribution is 1.82. The number of hydrogen-bond acceptors (Lipinski definition) is 18. The van der Waals surface area contributed by atoms with Gasteiger partial charge in [0.25, 0.3) is 0 Å². The van der Waals surface area contributed by atoms with Crippen molar-refractivity contribution in [1.29, 1.82) is 0 Å². The topological polar surface area (TPSA) is 0 Å². The number of hydrogen-bond donors (Lipinski definition) is 0. The molecule has 0 aliphatic carbocycles. The van der Waals surface area contributed by atoms with Crippen LogP contribution in [0.25, 0.3) is 131 Å². The molecule has 0 aromatic carbocycles. The zero-order chi connectivity index (χ0) is 64.9. The Kier molecular flexibility index (Phi) is 18.1. The monoisotopic (exact) mass is 1570 g/mol. The van der Waals surface area contributed by atoms with Gasteiger partial charge in [-0.15, -0.1) is 204 Å². The van der Waals surface area contributed by atoms with Crippen LogP contribution in [0.15, 0.2) is 225 Å². The Morgan fingerprint density at radius 2 is 0.367 bits per heavy atom. The summed E-state index contributed by atoms with van der Waals surface area (Å²) in [5.41, 5.74) is 7.43. The first-order chi connectivity index (χ1) is 48.5. The van der Waals surface area contributed by atoms with E-state index in [0.29, 0.717) is 0 Å². The fourth-order valence-corrected chi connectivity index (χ4v) is 28.1. The van der Waals surface area contributed by atoms with Crippen LogP contribution >= 0.6 is 204 Å². The first-order valence-corrected chi connectivity index (χ1v) is 45.3. The van der Waals surface area contributed by atoms with Crippen molar-refractivity contribution in [3.8, 4) is 178 Å². The minimum absolute atomic E-state index is 1.03. The van der Waals surface area contributed by atoms with Gasteiger partial charge in [-0.2, -0.15) is 0 Å². The molecule has 0 fully saturated rings. The predicted molar refractivity (Wildman–Crippen MR) is 449 cm³/mol. The first kappa shape index (κ1) is 63.0. The first-order valence-electron chi connectivity index (χ1n) is 30.1. The highest BCUT2D eigenvalue weighted by molar-refractivity contribution is 7.30. The van der Waals surface area contributed by atoms with E-state index in [4.69, 9.17) is 0 Å². The average molecular weight is 1580 g/mol. The summed E-state index contributed by atoms with van der Waals surface area (Å²) in [6, 6.07) is 66.6. The van der Waals surface area contributed by atoms with Crippen molar-refractivity contribution in [2.24, 2.45) is 0 Å². The van der Waals surface area contributed by atoms with Gasteiger partial charge in [0.1, 0.15) is 0 Å². The highest BCUT2D eigenvalue weighted by atomic mass is 32.2. The van der Waals surface area contributed by atoms with E-state index in [1.54, 1.807) is 181 Å². The molecule has 18 aromatic rings. The van der Waals surface area contributed by atoms with Gasteiger partial charge in [-0.25, -0.2) is 0 Å². The average Bonchev–Trinajstić information content (AvgIpc) is 1.63. The summed E-state index contributed by atoms with van der Waals surface area (Å²) in [5.74, 6) is 28.9. The van der Waals surface area contributed by atoms with E-state index in [1.165, 1.54) is 131 Å². The van der Waals surface area contributed by atoms with E-state index in [0.717, 1.165) is 39.0 Å². The molecule has 18 rings (SSSR count). The lowest BCUT2D eigenvalue weighted by Crippen LogP contribution is -1.70. The Hall–Kier alpha value is -7.16. The fourth-order valence-electron chi connectivity index (χ4n) is 11.0. The van der Waals surface area contributed by atoms with Gasteiger partial charge < -0.3 is 0 Å². The Morgan fingerprint density at radius 1 is 0.153 bits per heavy atom. The molecule has 0 unspecified atom stereocenters. The minimum Gasteiger partial charge on any atom is -0.144 e. The summed E-state index contributed by atoms with van der Waals surface area (Å²) in [4.78, 5) is 33.3. The maximum atomic E-state index is 3.62. The van der Waals surface area contributed by atoms with Crippen LogP contribution in [0.4, 0.5) is 0 Å². The summed E-state index contributed by atoms with van der Waals surface area (Å²) in [7, 11) is 0. The molecule has 0 nitrogen and oxygen atoms in total. The lowest BCUT2D eigenvalue weighted by atomic mass is 10.1. The van der Waals surface area contributed by atoms with Crippen LogP contribution in [0.5, 0.6) is 0 Å². The molecule has 18 heteroatoms. The quantitative estimate of drug-likeness (QED) is 0.101. The lowest BCUT2D eigenvalue weighted by Gasteiger charge is -1.98. The van der Waals surface area contributed by atoms with Crippen molar-refractivity contribution in [2.75, 3.05) is 0 Å². The third kappa shape index (κ3) is 13.1. The van der Waals surface area contributed by atoms with Crippen LogP contribution in [0.1, 0.15) is 39.0 Å². The van der Waals surface area contributed by atoms with Gasteiger partial charge in [0.15, 0.2) is 0 Å². The van der Waals surface area contributed by atoms with Crippen LogP contribution in [0.2, 0.25) is 0 Å². The Morgan fingerprint density at radius 3 is 0.622 bits per heavy atom. The smallest absolute Gasteiger partial charge is 0.0786 e. The zero-order valence-corrected chi connectivity index (χ0v) is 65.0. The standard InChI is InChI=1S/C80H38S18/c1-9-61(81-33-1)55-41-51(93-75(55)67-13-5-37-85-67)21-17-47-25-29-65(89-47)59-45-73(97-79(59)71-31-27-49(91-71)19-23-53-43-57(63-11-3-35-83-63)77(95-53)69-15-7-39-87-69)74-46-60(66-30-26-48(90-66)18-22-52-42-56(62-10-2-34-82-62)76(94-52)68-14-6-38-86-68)80(98-74)72-32-28-50(92-72)20-24-54-44-58(64-12-4-36-84-64)78(96-54)70-16-8-40-88-70/h1-16,25-46H. The van der Waals surface area contributed by atoms with Gasteiger partial charge in [-0.1, -0.05) is 48.5 Å². The van der Waals surface area contributed by atoms with E-state index < -0.39 is 0 Å². The third-order valence-corrected chi connectivity index (χ3v) is 34.3. The van der Waals surface area contributed by atoms with Crippen molar-refractivity contribution in [3.63, 3.8) is 0 Å². The molecule has 0 amide bonds. The van der Waals surface area contributed by atoms with Crippen molar-refractivity contribution >= 4 is 204 Å². The Labute approximate surface area is 638 Å². The van der Waals surface area contributed by atoms with E-state index in [-0.39, 0.29) is 0 Å². The van der Waals surface area contributed by atoms with Gasteiger partial charge in [0, 0.05) is 102 Å². The second-order valence-corrected chi connectivity index (χ2v) is 39.8. The maximum Gasteiger partial charge on any atom is 0.0786 e. The van der Waals surface area contributed by atoms with E-state index in [2.05, 4.69) is 272 Å². The molecule has 0 radical (unpaired) electrons. The van der Waals surface area contributed by atoms with Crippen LogP contribution < -0.4 is 0 Å². The summed E-state index contributed by atoms with van der Waals surface area (Å²) in [5, 5.41) is 17.2. The van der Waals surface area contributed by atoms with Gasteiger partial charge in [0.2, 0.25) is 0 Å². The minimum atomic E-state index is 1.03.